The first-order valence-electron chi connectivity index (χ1n) is 19.2. The number of nitrogens with zero attached hydrogens (tertiary/aromatic N) is 1. The number of sulfone groups is 1. The normalized spacial score (nSPS) is 26.5. The molecular weight excluding hydrogens is 779 g/mol. The number of carbonyl (C=O) groups is 1. The molecule has 0 radical (unpaired) electrons. The summed E-state index contributed by atoms with van der Waals surface area (Å²) in [5, 5.41) is 39.8. The van der Waals surface area contributed by atoms with Crippen LogP contribution in [0.4, 0.5) is 16.2 Å². The fourth-order valence-corrected chi connectivity index (χ4v) is 10.1. The molecule has 0 aromatic heterocycles. The first-order chi connectivity index (χ1) is 27.0. The van der Waals surface area contributed by atoms with Crippen molar-refractivity contribution in [1.29, 1.82) is 0 Å². The van der Waals surface area contributed by atoms with E-state index in [1.165, 1.54) is 0 Å². The lowest BCUT2D eigenvalue weighted by Gasteiger charge is -2.42. The highest BCUT2D eigenvalue weighted by atomic mass is 32.3. The van der Waals surface area contributed by atoms with Gasteiger partial charge in [0.05, 0.1) is 30.0 Å². The molecule has 15 nitrogen and oxygen atoms in total. The topological polar surface area (TPSA) is 221 Å². The number of carbonyl (C=O) groups excluding carboxylic acids is 1. The number of ether oxygens (including phenoxy) is 2. The van der Waals surface area contributed by atoms with Crippen LogP contribution in [0.5, 0.6) is 0 Å². The van der Waals surface area contributed by atoms with Gasteiger partial charge in [0, 0.05) is 37.3 Å². The Hall–Kier alpha value is -3.65. The van der Waals surface area contributed by atoms with E-state index in [1.54, 1.807) is 72.8 Å². The van der Waals surface area contributed by atoms with E-state index in [9.17, 15) is 36.9 Å². The summed E-state index contributed by atoms with van der Waals surface area (Å²) in [6, 6.07) is 19.9. The maximum atomic E-state index is 14.1. The molecule has 57 heavy (non-hydrogen) atoms. The molecule has 0 spiro atoms. The summed E-state index contributed by atoms with van der Waals surface area (Å²) in [6.45, 7) is 3.23. The van der Waals surface area contributed by atoms with Gasteiger partial charge >= 0.3 is 16.4 Å². The number of unbranched alkanes of at least 4 members (excludes halogenated alkanes) is 1. The highest BCUT2D eigenvalue weighted by Gasteiger charge is 2.47. The Morgan fingerprint density at radius 2 is 1.68 bits per heavy atom. The monoisotopic (exact) mass is 833 g/mol. The van der Waals surface area contributed by atoms with Crippen LogP contribution < -0.4 is 15.5 Å². The Morgan fingerprint density at radius 3 is 2.35 bits per heavy atom. The van der Waals surface area contributed by atoms with Crippen molar-refractivity contribution in [3.05, 3.63) is 89.5 Å². The molecule has 1 saturated heterocycles. The second-order valence-electron chi connectivity index (χ2n) is 15.0. The number of anilines is 2. The lowest BCUT2D eigenvalue weighted by Crippen LogP contribution is -2.64. The maximum Gasteiger partial charge on any atom is 0.397 e. The molecule has 0 saturated carbocycles. The van der Waals surface area contributed by atoms with Crippen LogP contribution in [0.3, 0.4) is 0 Å². The lowest BCUT2D eigenvalue weighted by atomic mass is 9.74. The summed E-state index contributed by atoms with van der Waals surface area (Å²) in [6.07, 6.45) is -4.54. The number of urea groups is 1. The SMILES string of the molecule is CCCCC(CCC)[C@@H]1CS(=O)(=O)c2ccc(N(C)C)cc2[C@H](c2cccc(NC(=O)NC3O[C@H](COS(=O)(=O)O)[C@@H](O)[C@H](OCc4ccccc4)[C@H]3O)c2)[C@@H]1O. The number of benzene rings is 3. The van der Waals surface area contributed by atoms with Crippen molar-refractivity contribution in [3.63, 3.8) is 0 Å². The second-order valence-corrected chi connectivity index (χ2v) is 18.1. The summed E-state index contributed by atoms with van der Waals surface area (Å²) < 4.78 is 76.0. The molecule has 6 N–H and O–H groups in total. The van der Waals surface area contributed by atoms with Gasteiger partial charge in [-0.2, -0.15) is 8.42 Å². The average Bonchev–Trinajstić information content (AvgIpc) is 3.24. The Morgan fingerprint density at radius 1 is 0.947 bits per heavy atom. The number of hydrogen-bond donors (Lipinski definition) is 6. The molecule has 1 fully saturated rings. The van der Waals surface area contributed by atoms with Gasteiger partial charge in [0.1, 0.15) is 24.4 Å². The van der Waals surface area contributed by atoms with Gasteiger partial charge in [0.15, 0.2) is 16.1 Å². The van der Waals surface area contributed by atoms with Gasteiger partial charge in [-0.3, -0.25) is 4.55 Å². The molecule has 5 rings (SSSR count). The van der Waals surface area contributed by atoms with Crippen molar-refractivity contribution in [1.82, 2.24) is 5.32 Å². The molecule has 2 aliphatic heterocycles. The molecule has 9 atom stereocenters. The summed E-state index contributed by atoms with van der Waals surface area (Å²) >= 11 is 0. The van der Waals surface area contributed by atoms with Gasteiger partial charge < -0.3 is 40.3 Å². The third-order valence-electron chi connectivity index (χ3n) is 10.7. The number of aliphatic hydroxyl groups excluding tert-OH is 3. The number of hydrogen-bond acceptors (Lipinski definition) is 12. The molecule has 0 aliphatic carbocycles. The minimum atomic E-state index is -4.93. The second kappa shape index (κ2) is 19.4. The van der Waals surface area contributed by atoms with Gasteiger partial charge in [0.2, 0.25) is 0 Å². The summed E-state index contributed by atoms with van der Waals surface area (Å²) in [5.74, 6) is -1.57. The van der Waals surface area contributed by atoms with Crippen molar-refractivity contribution in [2.24, 2.45) is 11.8 Å². The number of aliphatic hydroxyl groups is 3. The van der Waals surface area contributed by atoms with E-state index in [-0.39, 0.29) is 28.9 Å². The van der Waals surface area contributed by atoms with Crippen molar-refractivity contribution in [2.75, 3.05) is 36.7 Å². The van der Waals surface area contributed by atoms with Crippen LogP contribution in [-0.4, -0.2) is 106 Å². The van der Waals surface area contributed by atoms with Gasteiger partial charge in [0.25, 0.3) is 0 Å². The molecule has 3 aromatic carbocycles. The quantitative estimate of drug-likeness (QED) is 0.112. The molecule has 314 valence electrons. The van der Waals surface area contributed by atoms with Gasteiger partial charge in [-0.1, -0.05) is 88.4 Å². The number of fused-ring (bicyclic) bond motifs is 1. The van der Waals surface area contributed by atoms with E-state index in [0.29, 0.717) is 16.7 Å². The van der Waals surface area contributed by atoms with Crippen LogP contribution in [0, 0.1) is 11.8 Å². The molecule has 2 heterocycles. The predicted molar refractivity (Wildman–Crippen MR) is 214 cm³/mol. The number of nitrogens with one attached hydrogen (secondary N) is 2. The molecule has 17 heteroatoms. The van der Waals surface area contributed by atoms with E-state index in [2.05, 4.69) is 28.7 Å². The number of rotatable bonds is 16. The van der Waals surface area contributed by atoms with E-state index >= 15 is 0 Å². The van der Waals surface area contributed by atoms with Crippen LogP contribution in [0.25, 0.3) is 0 Å². The van der Waals surface area contributed by atoms with Crippen LogP contribution in [0.1, 0.15) is 68.6 Å². The van der Waals surface area contributed by atoms with Gasteiger partial charge in [-0.15, -0.1) is 0 Å². The molecule has 2 amide bonds. The highest BCUT2D eigenvalue weighted by Crippen LogP contribution is 2.45. The molecule has 2 aliphatic rings. The third kappa shape index (κ3) is 11.3. The summed E-state index contributed by atoms with van der Waals surface area (Å²) in [7, 11) is -5.04. The number of amides is 2. The molecule has 2 unspecified atom stereocenters. The van der Waals surface area contributed by atoms with E-state index in [0.717, 1.165) is 37.8 Å². The van der Waals surface area contributed by atoms with Crippen molar-refractivity contribution in [3.8, 4) is 0 Å². The smallest absolute Gasteiger partial charge is 0.392 e. The standard InChI is InChI=1S/C40H55N3O12S2/c1-5-7-15-26(12-6-2)31-24-56(48,49)33-19-18-29(43(3)4)21-30(33)34(35(31)44)27-16-11-17-28(20-27)41-40(47)42-39-37(46)38(53-22-25-13-9-8-10-14-25)36(45)32(55-39)23-54-57(50,51)52/h8-11,13-14,16-21,26,31-32,34-39,44-46H,5-7,12,15,22-24H2,1-4H3,(H2,41,42,47)(H,50,51,52)/t26?,31-,32+,34-,35+,36+,37+,38-,39?/m0/s1. The first kappa shape index (κ1) is 44.5. The Labute approximate surface area is 335 Å². The molecule has 0 bridgehead atoms. The first-order valence-corrected chi connectivity index (χ1v) is 22.2. The van der Waals surface area contributed by atoms with Crippen molar-refractivity contribution >= 4 is 37.6 Å². The van der Waals surface area contributed by atoms with Crippen LogP contribution >= 0.6 is 0 Å². The summed E-state index contributed by atoms with van der Waals surface area (Å²) in [5.41, 5.74) is 2.77. The fourth-order valence-electron chi connectivity index (χ4n) is 7.83. The molecule has 3 aromatic rings. The Bertz CT molecular complexity index is 2020. The van der Waals surface area contributed by atoms with Gasteiger partial charge in [-0.25, -0.2) is 17.4 Å². The zero-order valence-corrected chi connectivity index (χ0v) is 34.2. The lowest BCUT2D eigenvalue weighted by molar-refractivity contribution is -0.246. The van der Waals surface area contributed by atoms with Crippen molar-refractivity contribution in [2.45, 2.75) is 100 Å². The van der Waals surface area contributed by atoms with E-state index < -0.39 is 81.5 Å². The Balaban J connectivity index is 1.43. The fraction of sp³-hybridized carbons (Fsp3) is 0.525. The van der Waals surface area contributed by atoms with Gasteiger partial charge in [-0.05, 0) is 52.9 Å². The zero-order valence-electron chi connectivity index (χ0n) is 32.6. The maximum absolute atomic E-state index is 14.1. The zero-order chi connectivity index (χ0) is 41.5. The summed E-state index contributed by atoms with van der Waals surface area (Å²) in [4.78, 5) is 15.5. The highest BCUT2D eigenvalue weighted by molar-refractivity contribution is 7.91. The predicted octanol–water partition coefficient (Wildman–Crippen LogP) is 4.23. The minimum absolute atomic E-state index is 0.0374. The van der Waals surface area contributed by atoms with Crippen LogP contribution in [-0.2, 0) is 40.5 Å². The van der Waals surface area contributed by atoms with Crippen LogP contribution in [0.15, 0.2) is 77.7 Å². The third-order valence-corrected chi connectivity index (χ3v) is 13.0. The Kier molecular flexibility index (Phi) is 15.1. The minimum Gasteiger partial charge on any atom is -0.392 e. The average molecular weight is 834 g/mol. The van der Waals surface area contributed by atoms with Crippen molar-refractivity contribution < 1.29 is 55.2 Å². The van der Waals surface area contributed by atoms with E-state index in [1.807, 2.05) is 19.0 Å². The largest absolute Gasteiger partial charge is 0.397 e. The van der Waals surface area contributed by atoms with E-state index in [4.69, 9.17) is 14.0 Å². The molecular formula is C40H55N3O12S2. The van der Waals surface area contributed by atoms with Crippen LogP contribution in [0.2, 0.25) is 0 Å².